The number of amides is 1. The van der Waals surface area contributed by atoms with Gasteiger partial charge >= 0.3 is 5.97 Å². The van der Waals surface area contributed by atoms with Gasteiger partial charge in [-0.2, -0.15) is 4.31 Å². The Morgan fingerprint density at radius 2 is 2.10 bits per heavy atom. The number of carboxylic acids is 1. The maximum absolute atomic E-state index is 12.5. The van der Waals surface area contributed by atoms with E-state index in [1.165, 1.54) is 17.0 Å². The van der Waals surface area contributed by atoms with Gasteiger partial charge in [0, 0.05) is 25.0 Å². The normalized spacial score (nSPS) is 17.8. The van der Waals surface area contributed by atoms with E-state index in [1.807, 2.05) is 0 Å². The minimum atomic E-state index is -3.75. The van der Waals surface area contributed by atoms with Crippen LogP contribution in [-0.2, 0) is 26.0 Å². The summed E-state index contributed by atoms with van der Waals surface area (Å²) in [4.78, 5) is 24.4. The predicted octanol–water partition coefficient (Wildman–Crippen LogP) is 0.228. The van der Waals surface area contributed by atoms with Gasteiger partial charge in [-0.05, 0) is 18.6 Å². The van der Waals surface area contributed by atoms with Crippen molar-refractivity contribution >= 4 is 33.2 Å². The third-order valence-electron chi connectivity index (χ3n) is 3.20. The molecule has 1 amide bonds. The van der Waals surface area contributed by atoms with Gasteiger partial charge in [0.15, 0.2) is 0 Å². The van der Waals surface area contributed by atoms with Crippen molar-refractivity contribution in [2.75, 3.05) is 26.7 Å². The molecular weight excluding hydrogens is 316 g/mol. The molecule has 1 saturated heterocycles. The molecule has 116 valence electrons. The van der Waals surface area contributed by atoms with Crippen molar-refractivity contribution < 1.29 is 23.1 Å². The molecule has 0 bridgehead atoms. The Kier molecular flexibility index (Phi) is 4.64. The summed E-state index contributed by atoms with van der Waals surface area (Å²) in [5.41, 5.74) is 0. The lowest BCUT2D eigenvalue weighted by Crippen LogP contribution is -2.37. The SMILES string of the molecule is CN1CCCN(S(=O)(=O)c2ccc(CC(=O)O)s2)CC1=O. The van der Waals surface area contributed by atoms with Crippen molar-refractivity contribution in [1.82, 2.24) is 9.21 Å². The van der Waals surface area contributed by atoms with Gasteiger partial charge in [0.2, 0.25) is 5.91 Å². The quantitative estimate of drug-likeness (QED) is 0.851. The molecule has 0 aliphatic carbocycles. The molecule has 21 heavy (non-hydrogen) atoms. The van der Waals surface area contributed by atoms with E-state index < -0.39 is 16.0 Å². The molecule has 0 atom stereocenters. The van der Waals surface area contributed by atoms with Crippen LogP contribution in [0.2, 0.25) is 0 Å². The predicted molar refractivity (Wildman–Crippen MR) is 76.7 cm³/mol. The van der Waals surface area contributed by atoms with E-state index in [9.17, 15) is 18.0 Å². The average Bonchev–Trinajstić information content (AvgIpc) is 2.78. The van der Waals surface area contributed by atoms with Crippen LogP contribution in [0.1, 0.15) is 11.3 Å². The number of rotatable bonds is 4. The summed E-state index contributed by atoms with van der Waals surface area (Å²) < 4.78 is 26.3. The fourth-order valence-electron chi connectivity index (χ4n) is 2.03. The first-order valence-electron chi connectivity index (χ1n) is 6.35. The Morgan fingerprint density at radius 3 is 2.76 bits per heavy atom. The van der Waals surface area contributed by atoms with Crippen molar-refractivity contribution in [2.45, 2.75) is 17.1 Å². The average molecular weight is 332 g/mol. The number of nitrogens with zero attached hydrogens (tertiary/aromatic N) is 2. The zero-order valence-corrected chi connectivity index (χ0v) is 13.1. The minimum absolute atomic E-state index is 0.0797. The van der Waals surface area contributed by atoms with E-state index in [-0.39, 0.29) is 29.6 Å². The van der Waals surface area contributed by atoms with Crippen molar-refractivity contribution in [1.29, 1.82) is 0 Å². The van der Waals surface area contributed by atoms with Crippen LogP contribution < -0.4 is 0 Å². The van der Waals surface area contributed by atoms with Gasteiger partial charge in [0.25, 0.3) is 10.0 Å². The maximum Gasteiger partial charge on any atom is 0.308 e. The Morgan fingerprint density at radius 1 is 1.38 bits per heavy atom. The summed E-state index contributed by atoms with van der Waals surface area (Å²) in [6.07, 6.45) is 0.372. The van der Waals surface area contributed by atoms with Gasteiger partial charge < -0.3 is 10.0 Å². The number of carbonyl (C=O) groups excluding carboxylic acids is 1. The number of thiophene rings is 1. The van der Waals surface area contributed by atoms with Crippen LogP contribution >= 0.6 is 11.3 Å². The third kappa shape index (κ3) is 3.60. The molecule has 1 aliphatic heterocycles. The zero-order chi connectivity index (χ0) is 15.6. The first-order chi connectivity index (χ1) is 9.80. The molecule has 1 aromatic rings. The van der Waals surface area contributed by atoms with E-state index in [0.717, 1.165) is 15.6 Å². The highest BCUT2D eigenvalue weighted by molar-refractivity contribution is 7.91. The van der Waals surface area contributed by atoms with Gasteiger partial charge in [-0.1, -0.05) is 0 Å². The molecule has 1 aromatic heterocycles. The molecule has 7 nitrogen and oxygen atoms in total. The second kappa shape index (κ2) is 6.12. The molecule has 1 aliphatic rings. The molecule has 2 rings (SSSR count). The van der Waals surface area contributed by atoms with E-state index in [4.69, 9.17) is 5.11 Å². The van der Waals surface area contributed by atoms with E-state index in [0.29, 0.717) is 17.8 Å². The summed E-state index contributed by atoms with van der Waals surface area (Å²) in [6, 6.07) is 2.90. The molecule has 0 unspecified atom stereocenters. The van der Waals surface area contributed by atoms with E-state index >= 15 is 0 Å². The summed E-state index contributed by atoms with van der Waals surface area (Å²) in [6.45, 7) is 0.634. The van der Waals surface area contributed by atoms with Crippen LogP contribution in [0.15, 0.2) is 16.3 Å². The van der Waals surface area contributed by atoms with Gasteiger partial charge in [-0.3, -0.25) is 9.59 Å². The Hall–Kier alpha value is -1.45. The van der Waals surface area contributed by atoms with E-state index in [1.54, 1.807) is 7.05 Å². The summed E-state index contributed by atoms with van der Waals surface area (Å²) >= 11 is 0.935. The Bertz CT molecular complexity index is 652. The van der Waals surface area contributed by atoms with Crippen LogP contribution in [-0.4, -0.2) is 61.3 Å². The Balaban J connectivity index is 2.22. The molecule has 0 radical (unpaired) electrons. The highest BCUT2D eigenvalue weighted by Gasteiger charge is 2.30. The number of likely N-dealkylation sites (N-methyl/N-ethyl adjacent to an activating group) is 1. The molecular formula is C12H16N2O5S2. The lowest BCUT2D eigenvalue weighted by Gasteiger charge is -2.18. The van der Waals surface area contributed by atoms with Crippen molar-refractivity contribution in [3.8, 4) is 0 Å². The van der Waals surface area contributed by atoms with Crippen LogP contribution in [0.5, 0.6) is 0 Å². The van der Waals surface area contributed by atoms with Gasteiger partial charge in [-0.15, -0.1) is 11.3 Å². The molecule has 1 fully saturated rings. The standard InChI is InChI=1S/C12H16N2O5S2/c1-13-5-2-6-14(8-10(13)15)21(18,19)12-4-3-9(20-12)7-11(16)17/h3-4H,2,5-8H2,1H3,(H,16,17). The van der Waals surface area contributed by atoms with Crippen LogP contribution in [0.3, 0.4) is 0 Å². The maximum atomic E-state index is 12.5. The summed E-state index contributed by atoms with van der Waals surface area (Å²) in [7, 11) is -2.10. The molecule has 0 saturated carbocycles. The lowest BCUT2D eigenvalue weighted by molar-refractivity contribution is -0.136. The monoisotopic (exact) mass is 332 g/mol. The minimum Gasteiger partial charge on any atom is -0.481 e. The molecule has 9 heteroatoms. The second-order valence-corrected chi connectivity index (χ2v) is 8.13. The van der Waals surface area contributed by atoms with Crippen molar-refractivity contribution in [3.63, 3.8) is 0 Å². The first-order valence-corrected chi connectivity index (χ1v) is 8.61. The lowest BCUT2D eigenvalue weighted by atomic mass is 10.3. The summed E-state index contributed by atoms with van der Waals surface area (Å²) in [5, 5.41) is 8.73. The number of hydrogen-bond donors (Lipinski definition) is 1. The highest BCUT2D eigenvalue weighted by atomic mass is 32.2. The number of sulfonamides is 1. The van der Waals surface area contributed by atoms with Gasteiger partial charge in [0.05, 0.1) is 13.0 Å². The topological polar surface area (TPSA) is 95.0 Å². The fraction of sp³-hybridized carbons (Fsp3) is 0.500. The van der Waals surface area contributed by atoms with Gasteiger partial charge in [-0.25, -0.2) is 8.42 Å². The number of carboxylic acid groups (broad SMARTS) is 1. The van der Waals surface area contributed by atoms with Crippen molar-refractivity contribution in [3.05, 3.63) is 17.0 Å². The highest BCUT2D eigenvalue weighted by Crippen LogP contribution is 2.26. The van der Waals surface area contributed by atoms with Gasteiger partial charge in [0.1, 0.15) is 4.21 Å². The van der Waals surface area contributed by atoms with Crippen molar-refractivity contribution in [2.24, 2.45) is 0 Å². The second-order valence-electron chi connectivity index (χ2n) is 4.80. The smallest absolute Gasteiger partial charge is 0.308 e. The van der Waals surface area contributed by atoms with Crippen LogP contribution in [0, 0.1) is 0 Å². The Labute approximate surface area is 126 Å². The molecule has 0 spiro atoms. The zero-order valence-electron chi connectivity index (χ0n) is 11.5. The molecule has 1 N–H and O–H groups in total. The molecule has 0 aromatic carbocycles. The van der Waals surface area contributed by atoms with Crippen LogP contribution in [0.25, 0.3) is 0 Å². The summed E-state index contributed by atoms with van der Waals surface area (Å²) in [5.74, 6) is -1.24. The molecule has 2 heterocycles. The number of hydrogen-bond acceptors (Lipinski definition) is 5. The largest absolute Gasteiger partial charge is 0.481 e. The fourth-order valence-corrected chi connectivity index (χ4v) is 4.96. The van der Waals surface area contributed by atoms with E-state index in [2.05, 4.69) is 0 Å². The van der Waals surface area contributed by atoms with Crippen LogP contribution in [0.4, 0.5) is 0 Å². The third-order valence-corrected chi connectivity index (χ3v) is 6.59. The number of aliphatic carboxylic acids is 1. The number of carbonyl (C=O) groups is 2. The first kappa shape index (κ1) is 15.9.